The molecule has 3 nitrogen and oxygen atoms in total. The molecule has 1 aliphatic heterocycles. The minimum atomic E-state index is -0.930. The van der Waals surface area contributed by atoms with Crippen LogP contribution in [0.15, 0.2) is 24.3 Å². The molecular weight excluding hydrogens is 198 g/mol. The van der Waals surface area contributed by atoms with Crippen molar-refractivity contribution in [3.05, 3.63) is 35.4 Å². The maximum absolute atomic E-state index is 11.1. The first kappa shape index (κ1) is 9.55. The Balaban J connectivity index is 2.21. The number of amides is 1. The highest BCUT2D eigenvalue weighted by Gasteiger charge is 2.31. The van der Waals surface area contributed by atoms with Crippen LogP contribution in [-0.4, -0.2) is 16.4 Å². The zero-order valence-corrected chi connectivity index (χ0v) is 8.54. The van der Waals surface area contributed by atoms with E-state index in [4.69, 9.17) is 0 Å². The Bertz CT molecular complexity index is 367. The van der Waals surface area contributed by atoms with E-state index in [1.54, 1.807) is 0 Å². The van der Waals surface area contributed by atoms with Gasteiger partial charge in [0.25, 0.3) is 5.91 Å². The maximum atomic E-state index is 11.1. The first-order valence-electron chi connectivity index (χ1n) is 4.37. The van der Waals surface area contributed by atoms with Crippen LogP contribution in [0.5, 0.6) is 0 Å². The average molecular weight is 209 g/mol. The van der Waals surface area contributed by atoms with Crippen molar-refractivity contribution in [2.24, 2.45) is 0 Å². The number of rotatable bonds is 1. The summed E-state index contributed by atoms with van der Waals surface area (Å²) < 4.78 is 0. The van der Waals surface area contributed by atoms with Crippen LogP contribution in [0.4, 0.5) is 0 Å². The molecule has 2 rings (SSSR count). The molecule has 2 unspecified atom stereocenters. The Morgan fingerprint density at radius 1 is 1.50 bits per heavy atom. The lowest BCUT2D eigenvalue weighted by molar-refractivity contribution is -0.124. The van der Waals surface area contributed by atoms with E-state index in [0.29, 0.717) is 0 Å². The maximum Gasteiger partial charge on any atom is 0.260 e. The Hall–Kier alpha value is -1.00. The van der Waals surface area contributed by atoms with Gasteiger partial charge < -0.3 is 10.4 Å². The fourth-order valence-corrected chi connectivity index (χ4v) is 2.36. The summed E-state index contributed by atoms with van der Waals surface area (Å²) in [5.74, 6) is -0.304. The highest BCUT2D eigenvalue weighted by molar-refractivity contribution is 8.01. The van der Waals surface area contributed by atoms with E-state index in [1.165, 1.54) is 11.8 Å². The van der Waals surface area contributed by atoms with E-state index in [9.17, 15) is 9.90 Å². The fraction of sp³-hybridized carbons (Fsp3) is 0.300. The number of aryl methyl sites for hydroxylation is 1. The van der Waals surface area contributed by atoms with Crippen LogP contribution in [0, 0.1) is 6.92 Å². The minimum absolute atomic E-state index is 0.114. The van der Waals surface area contributed by atoms with Gasteiger partial charge in [-0.3, -0.25) is 4.79 Å². The van der Waals surface area contributed by atoms with Gasteiger partial charge in [0, 0.05) is 0 Å². The van der Waals surface area contributed by atoms with Crippen LogP contribution in [0.2, 0.25) is 0 Å². The van der Waals surface area contributed by atoms with E-state index >= 15 is 0 Å². The summed E-state index contributed by atoms with van der Waals surface area (Å²) in [6.45, 7) is 2.00. The molecule has 1 saturated heterocycles. The third-order valence-corrected chi connectivity index (χ3v) is 3.24. The molecule has 1 aromatic carbocycles. The average Bonchev–Trinajstić information content (AvgIpc) is 2.47. The van der Waals surface area contributed by atoms with Crippen molar-refractivity contribution in [3.8, 4) is 0 Å². The van der Waals surface area contributed by atoms with Gasteiger partial charge >= 0.3 is 0 Å². The molecule has 14 heavy (non-hydrogen) atoms. The molecule has 4 heteroatoms. The predicted octanol–water partition coefficient (Wildman–Crippen LogP) is 1.18. The first-order chi connectivity index (χ1) is 6.66. The van der Waals surface area contributed by atoms with Gasteiger partial charge in [-0.1, -0.05) is 41.6 Å². The van der Waals surface area contributed by atoms with Gasteiger partial charge in [0.1, 0.15) is 5.37 Å². The number of aliphatic hydroxyl groups excluding tert-OH is 1. The molecule has 1 aliphatic rings. The second-order valence-corrected chi connectivity index (χ2v) is 4.48. The summed E-state index contributed by atoms with van der Waals surface area (Å²) in [6.07, 6.45) is 0. The topological polar surface area (TPSA) is 49.3 Å². The van der Waals surface area contributed by atoms with Gasteiger partial charge in [0.05, 0.1) is 0 Å². The van der Waals surface area contributed by atoms with Crippen molar-refractivity contribution in [1.29, 1.82) is 0 Å². The molecular formula is C10H11NO2S. The number of carbonyl (C=O) groups excluding carboxylic acids is 1. The van der Waals surface area contributed by atoms with E-state index in [1.807, 2.05) is 31.2 Å². The molecule has 0 saturated carbocycles. The third kappa shape index (κ3) is 1.76. The minimum Gasteiger partial charge on any atom is -0.373 e. The Morgan fingerprint density at radius 2 is 2.29 bits per heavy atom. The SMILES string of the molecule is Cc1cccc(C2NC(=O)C(O)S2)c1. The standard InChI is InChI=1S/C10H11NO2S/c1-6-3-2-4-7(5-6)9-11-8(12)10(13)14-9/h2-5,9-10,13H,1H3,(H,11,12). The lowest BCUT2D eigenvalue weighted by Crippen LogP contribution is -2.23. The molecule has 0 bridgehead atoms. The Labute approximate surface area is 86.5 Å². The van der Waals surface area contributed by atoms with Crippen LogP contribution < -0.4 is 5.32 Å². The second kappa shape index (κ2) is 3.63. The summed E-state index contributed by atoms with van der Waals surface area (Å²) in [5.41, 5.74) is 1.25. The summed E-state index contributed by atoms with van der Waals surface area (Å²) in [5, 5.41) is 11.9. The van der Waals surface area contributed by atoms with Gasteiger partial charge in [-0.25, -0.2) is 0 Å². The highest BCUT2D eigenvalue weighted by Crippen LogP contribution is 2.34. The highest BCUT2D eigenvalue weighted by atomic mass is 32.2. The monoisotopic (exact) mass is 209 g/mol. The van der Waals surface area contributed by atoms with Crippen molar-refractivity contribution in [3.63, 3.8) is 0 Å². The van der Waals surface area contributed by atoms with Gasteiger partial charge in [-0.2, -0.15) is 0 Å². The van der Waals surface area contributed by atoms with Gasteiger partial charge in [-0.05, 0) is 12.5 Å². The number of thioether (sulfide) groups is 1. The molecule has 1 heterocycles. The Morgan fingerprint density at radius 3 is 2.86 bits per heavy atom. The second-order valence-electron chi connectivity index (χ2n) is 3.29. The molecule has 0 aliphatic carbocycles. The number of benzene rings is 1. The van der Waals surface area contributed by atoms with Gasteiger partial charge in [0.15, 0.2) is 5.44 Å². The predicted molar refractivity (Wildman–Crippen MR) is 55.7 cm³/mol. The van der Waals surface area contributed by atoms with E-state index in [0.717, 1.165) is 11.1 Å². The number of aliphatic hydroxyl groups is 1. The number of hydrogen-bond acceptors (Lipinski definition) is 3. The first-order valence-corrected chi connectivity index (χ1v) is 5.31. The van der Waals surface area contributed by atoms with Gasteiger partial charge in [-0.15, -0.1) is 0 Å². The lowest BCUT2D eigenvalue weighted by atomic mass is 10.1. The summed E-state index contributed by atoms with van der Waals surface area (Å²) in [6, 6.07) is 7.91. The van der Waals surface area contributed by atoms with Crippen molar-refractivity contribution in [1.82, 2.24) is 5.32 Å². The molecule has 1 aromatic rings. The smallest absolute Gasteiger partial charge is 0.260 e. The van der Waals surface area contributed by atoms with E-state index in [-0.39, 0.29) is 11.3 Å². The zero-order valence-electron chi connectivity index (χ0n) is 7.73. The molecule has 2 atom stereocenters. The zero-order chi connectivity index (χ0) is 10.1. The van der Waals surface area contributed by atoms with Gasteiger partial charge in [0.2, 0.25) is 0 Å². The number of nitrogens with one attached hydrogen (secondary N) is 1. The van der Waals surface area contributed by atoms with Crippen molar-refractivity contribution < 1.29 is 9.90 Å². The lowest BCUT2D eigenvalue weighted by Gasteiger charge is -2.09. The molecule has 74 valence electrons. The normalized spacial score (nSPS) is 26.3. The van der Waals surface area contributed by atoms with Crippen LogP contribution in [0.1, 0.15) is 16.5 Å². The molecule has 1 amide bonds. The van der Waals surface area contributed by atoms with E-state index < -0.39 is 5.44 Å². The van der Waals surface area contributed by atoms with Crippen LogP contribution in [0.25, 0.3) is 0 Å². The molecule has 2 N–H and O–H groups in total. The number of hydrogen-bond donors (Lipinski definition) is 2. The van der Waals surface area contributed by atoms with Crippen LogP contribution in [-0.2, 0) is 4.79 Å². The van der Waals surface area contributed by atoms with Crippen molar-refractivity contribution in [2.75, 3.05) is 0 Å². The summed E-state index contributed by atoms with van der Waals surface area (Å²) in [7, 11) is 0. The quantitative estimate of drug-likeness (QED) is 0.730. The molecule has 0 radical (unpaired) electrons. The molecule has 0 spiro atoms. The summed E-state index contributed by atoms with van der Waals surface area (Å²) in [4.78, 5) is 11.1. The molecule has 1 fully saturated rings. The third-order valence-electron chi connectivity index (χ3n) is 2.11. The molecule has 0 aromatic heterocycles. The summed E-state index contributed by atoms with van der Waals surface area (Å²) >= 11 is 1.23. The number of carbonyl (C=O) groups is 1. The van der Waals surface area contributed by atoms with Crippen LogP contribution >= 0.6 is 11.8 Å². The van der Waals surface area contributed by atoms with Crippen molar-refractivity contribution in [2.45, 2.75) is 17.7 Å². The van der Waals surface area contributed by atoms with E-state index in [2.05, 4.69) is 5.32 Å². The van der Waals surface area contributed by atoms with Crippen LogP contribution in [0.3, 0.4) is 0 Å². The fourth-order valence-electron chi connectivity index (χ4n) is 1.42. The van der Waals surface area contributed by atoms with Crippen molar-refractivity contribution >= 4 is 17.7 Å². The Kier molecular flexibility index (Phi) is 2.48. The largest absolute Gasteiger partial charge is 0.373 e.